The van der Waals surface area contributed by atoms with Gasteiger partial charge in [0, 0.05) is 24.3 Å². The van der Waals surface area contributed by atoms with Gasteiger partial charge in [-0.2, -0.15) is 5.10 Å². The van der Waals surface area contributed by atoms with E-state index in [-0.39, 0.29) is 23.4 Å². The number of aromatic nitrogens is 1. The largest absolute Gasteiger partial charge is 0.274 e. The van der Waals surface area contributed by atoms with Crippen molar-refractivity contribution in [2.24, 2.45) is 16.9 Å². The molecule has 2 amide bonds. The van der Waals surface area contributed by atoms with Gasteiger partial charge in [-0.15, -0.1) is 0 Å². The number of hydrogen-bond acceptors (Lipinski definition) is 8. The van der Waals surface area contributed by atoms with E-state index in [4.69, 9.17) is 5.10 Å². The highest BCUT2D eigenvalue weighted by molar-refractivity contribution is 7.22. The highest BCUT2D eigenvalue weighted by atomic mass is 32.1. The lowest BCUT2D eigenvalue weighted by Crippen LogP contribution is -2.54. The molecule has 4 aromatic carbocycles. The summed E-state index contributed by atoms with van der Waals surface area (Å²) in [5.41, 5.74) is 7.00. The first kappa shape index (κ1) is 24.6. The van der Waals surface area contributed by atoms with E-state index in [1.54, 1.807) is 6.21 Å². The van der Waals surface area contributed by atoms with E-state index >= 15 is 0 Å². The van der Waals surface area contributed by atoms with Crippen molar-refractivity contribution in [3.8, 4) is 0 Å². The van der Waals surface area contributed by atoms with Gasteiger partial charge in [-0.3, -0.25) is 25.1 Å². The van der Waals surface area contributed by atoms with Crippen molar-refractivity contribution in [3.05, 3.63) is 129 Å². The molecule has 2 heterocycles. The molecule has 4 aliphatic rings. The van der Waals surface area contributed by atoms with Crippen LogP contribution in [0, 0.1) is 22.0 Å². The lowest BCUT2D eigenvalue weighted by atomic mass is 9.47. The Morgan fingerprint density at radius 1 is 0.881 bits per heavy atom. The van der Waals surface area contributed by atoms with Crippen molar-refractivity contribution in [2.75, 3.05) is 10.3 Å². The normalized spacial score (nSPS) is 23.7. The number of thiazole rings is 1. The van der Waals surface area contributed by atoms with Gasteiger partial charge >= 0.3 is 0 Å². The monoisotopic (exact) mass is 571 g/mol. The number of imide groups is 1. The minimum absolute atomic E-state index is 0.111. The molecule has 3 aliphatic carbocycles. The van der Waals surface area contributed by atoms with Gasteiger partial charge in [0.15, 0.2) is 0 Å². The highest BCUT2D eigenvalue weighted by Gasteiger charge is 2.68. The Kier molecular flexibility index (Phi) is 5.20. The van der Waals surface area contributed by atoms with Crippen LogP contribution >= 0.6 is 11.3 Å². The van der Waals surface area contributed by atoms with Gasteiger partial charge < -0.3 is 0 Å². The highest BCUT2D eigenvalue weighted by Crippen LogP contribution is 2.63. The van der Waals surface area contributed by atoms with Gasteiger partial charge in [0.05, 0.1) is 38.1 Å². The molecule has 1 aromatic heterocycles. The third-order valence-electron chi connectivity index (χ3n) is 8.72. The number of nitrogens with zero attached hydrogens (tertiary/aromatic N) is 4. The van der Waals surface area contributed by atoms with Crippen LogP contribution in [-0.2, 0) is 15.0 Å². The molecule has 1 fully saturated rings. The number of hydrazone groups is 1. The quantitative estimate of drug-likeness (QED) is 0.122. The molecule has 5 aromatic rings. The number of nitro groups is 1. The number of nitrogens with one attached hydrogen (secondary N) is 1. The number of amides is 2. The first-order valence-corrected chi connectivity index (χ1v) is 14.3. The Morgan fingerprint density at radius 2 is 1.52 bits per heavy atom. The van der Waals surface area contributed by atoms with Crippen molar-refractivity contribution in [3.63, 3.8) is 0 Å². The molecule has 1 aliphatic heterocycles. The number of fused-ring (bicyclic) bond motifs is 1. The zero-order valence-corrected chi connectivity index (χ0v) is 22.7. The summed E-state index contributed by atoms with van der Waals surface area (Å²) >= 11 is 1.48. The number of carbonyl (C=O) groups excluding carboxylic acids is 2. The van der Waals surface area contributed by atoms with Crippen LogP contribution in [0.5, 0.6) is 0 Å². The molecule has 9 nitrogen and oxygen atoms in total. The average molecular weight is 572 g/mol. The number of non-ortho nitro benzene ring substituents is 1. The van der Waals surface area contributed by atoms with Gasteiger partial charge in [0.25, 0.3) is 5.69 Å². The predicted molar refractivity (Wildman–Crippen MR) is 160 cm³/mol. The van der Waals surface area contributed by atoms with E-state index in [1.165, 1.54) is 40.5 Å². The second-order valence-corrected chi connectivity index (χ2v) is 11.7. The molecule has 10 heteroatoms. The van der Waals surface area contributed by atoms with Crippen LogP contribution in [0.4, 0.5) is 16.5 Å². The summed E-state index contributed by atoms with van der Waals surface area (Å²) in [5.74, 6) is -2.39. The number of benzene rings is 4. The maximum absolute atomic E-state index is 14.4. The molecule has 9 rings (SSSR count). The van der Waals surface area contributed by atoms with E-state index in [2.05, 4.69) is 10.4 Å². The summed E-state index contributed by atoms with van der Waals surface area (Å²) in [4.78, 5) is 45.2. The van der Waals surface area contributed by atoms with E-state index in [0.29, 0.717) is 10.8 Å². The lowest BCUT2D eigenvalue weighted by Gasteiger charge is -2.52. The van der Waals surface area contributed by atoms with Crippen LogP contribution in [-0.4, -0.2) is 27.9 Å². The maximum atomic E-state index is 14.4. The van der Waals surface area contributed by atoms with Crippen LogP contribution in [0.1, 0.15) is 28.2 Å². The first-order valence-electron chi connectivity index (χ1n) is 13.5. The summed E-state index contributed by atoms with van der Waals surface area (Å²) in [6.07, 6.45) is 1.77. The fourth-order valence-corrected chi connectivity index (χ4v) is 7.95. The van der Waals surface area contributed by atoms with Crippen molar-refractivity contribution >= 4 is 56.1 Å². The van der Waals surface area contributed by atoms with E-state index in [9.17, 15) is 19.7 Å². The standard InChI is InChI=1S/C32H21N5O4S/c38-29-27-26-20-7-1-3-9-22(20)32(23-10-4-2-8-21(23)26,17-33-35-31-34-24-11-5-6-12-25(24)42-31)28(27)30(39)36(29)18-13-15-19(16-14-18)37(40)41/h1-17,26-28H,(H,34,35)/b33-17+. The van der Waals surface area contributed by atoms with Crippen LogP contribution in [0.15, 0.2) is 102 Å². The van der Waals surface area contributed by atoms with Crippen molar-refractivity contribution in [1.29, 1.82) is 0 Å². The smallest absolute Gasteiger partial charge is 0.269 e. The van der Waals surface area contributed by atoms with Crippen molar-refractivity contribution < 1.29 is 14.5 Å². The number of nitro benzene ring substituents is 1. The van der Waals surface area contributed by atoms with E-state index in [0.717, 1.165) is 32.5 Å². The molecule has 1 saturated heterocycles. The molecule has 0 spiro atoms. The summed E-state index contributed by atoms with van der Waals surface area (Å²) in [6, 6.07) is 29.3. The molecular weight excluding hydrogens is 550 g/mol. The first-order chi connectivity index (χ1) is 20.5. The molecular formula is C32H21N5O4S. The Hall–Kier alpha value is -5.22. The SMILES string of the molecule is O=C1C2C3c4ccccc4C(/C=N/Nc4nc5ccccc5s4)(c4ccccc43)C2C(=O)N1c1ccc([N+](=O)[O-])cc1. The summed E-state index contributed by atoms with van der Waals surface area (Å²) in [7, 11) is 0. The van der Waals surface area contributed by atoms with Crippen molar-refractivity contribution in [2.45, 2.75) is 11.3 Å². The fraction of sp³-hybridized carbons (Fsp3) is 0.125. The fourth-order valence-electron chi connectivity index (χ4n) is 7.14. The van der Waals surface area contributed by atoms with Gasteiger partial charge in [0.2, 0.25) is 16.9 Å². The Bertz CT molecular complexity index is 1900. The second kappa shape index (κ2) is 8.89. The molecule has 2 atom stereocenters. The van der Waals surface area contributed by atoms with Crippen LogP contribution in [0.3, 0.4) is 0 Å². The number of para-hydroxylation sites is 1. The Balaban J connectivity index is 1.29. The molecule has 2 unspecified atom stereocenters. The topological polar surface area (TPSA) is 118 Å². The Labute approximate surface area is 243 Å². The zero-order chi connectivity index (χ0) is 28.6. The lowest BCUT2D eigenvalue weighted by molar-refractivity contribution is -0.384. The zero-order valence-electron chi connectivity index (χ0n) is 21.9. The van der Waals surface area contributed by atoms with Crippen LogP contribution in [0.25, 0.3) is 10.2 Å². The van der Waals surface area contributed by atoms with Crippen LogP contribution < -0.4 is 10.3 Å². The molecule has 0 saturated carbocycles. The minimum atomic E-state index is -1.03. The molecule has 204 valence electrons. The van der Waals surface area contributed by atoms with Gasteiger partial charge in [0.1, 0.15) is 0 Å². The van der Waals surface area contributed by atoms with E-state index in [1.807, 2.05) is 72.8 Å². The average Bonchev–Trinajstić information content (AvgIpc) is 3.55. The number of carbonyl (C=O) groups is 2. The van der Waals surface area contributed by atoms with E-state index < -0.39 is 22.2 Å². The van der Waals surface area contributed by atoms with Crippen molar-refractivity contribution in [1.82, 2.24) is 4.98 Å². The summed E-state index contributed by atoms with van der Waals surface area (Å²) < 4.78 is 1.03. The molecule has 2 bridgehead atoms. The molecule has 42 heavy (non-hydrogen) atoms. The number of hydrogen-bond donors (Lipinski definition) is 1. The number of rotatable bonds is 5. The maximum Gasteiger partial charge on any atom is 0.269 e. The minimum Gasteiger partial charge on any atom is -0.274 e. The Morgan fingerprint density at radius 3 is 2.19 bits per heavy atom. The van der Waals surface area contributed by atoms with Crippen LogP contribution in [0.2, 0.25) is 0 Å². The number of anilines is 2. The van der Waals surface area contributed by atoms with Gasteiger partial charge in [-0.25, -0.2) is 9.88 Å². The summed E-state index contributed by atoms with van der Waals surface area (Å²) in [6.45, 7) is 0. The summed E-state index contributed by atoms with van der Waals surface area (Å²) in [5, 5.41) is 16.6. The molecule has 0 radical (unpaired) electrons. The van der Waals surface area contributed by atoms with Gasteiger partial charge in [-0.1, -0.05) is 72.0 Å². The second-order valence-electron chi connectivity index (χ2n) is 10.7. The third-order valence-corrected chi connectivity index (χ3v) is 9.67. The third kappa shape index (κ3) is 3.23. The van der Waals surface area contributed by atoms with Gasteiger partial charge in [-0.05, 0) is 46.5 Å². The predicted octanol–water partition coefficient (Wildman–Crippen LogP) is 5.85. The molecule has 1 N–H and O–H groups in total.